The van der Waals surface area contributed by atoms with Crippen molar-refractivity contribution in [3.63, 3.8) is 0 Å². The van der Waals surface area contributed by atoms with Crippen molar-refractivity contribution in [1.82, 2.24) is 10.2 Å². The number of carbonyl (C=O) groups excluding carboxylic acids is 1. The molecule has 2 amide bonds. The molecule has 0 aliphatic rings. The number of urea groups is 1. The van der Waals surface area contributed by atoms with Crippen molar-refractivity contribution < 1.29 is 4.79 Å². The van der Waals surface area contributed by atoms with E-state index < -0.39 is 0 Å². The minimum absolute atomic E-state index is 0.0298. The van der Waals surface area contributed by atoms with Crippen LogP contribution in [0.3, 0.4) is 0 Å². The molecule has 0 bridgehead atoms. The Morgan fingerprint density at radius 2 is 1.87 bits per heavy atom. The van der Waals surface area contributed by atoms with Crippen LogP contribution in [-0.4, -0.2) is 23.0 Å². The number of nitrogens with zero attached hydrogens (tertiary/aromatic N) is 1. The maximum atomic E-state index is 11.8. The molecule has 0 unspecified atom stereocenters. The molecular weight excluding hydrogens is 188 g/mol. The Bertz CT molecular complexity index is 238. The van der Waals surface area contributed by atoms with Gasteiger partial charge >= 0.3 is 6.03 Å². The van der Waals surface area contributed by atoms with Gasteiger partial charge in [-0.3, -0.25) is 0 Å². The Morgan fingerprint density at radius 1 is 1.33 bits per heavy atom. The average molecular weight is 212 g/mol. The highest BCUT2D eigenvalue weighted by Crippen LogP contribution is 2.12. The summed E-state index contributed by atoms with van der Waals surface area (Å²) >= 11 is 0. The highest BCUT2D eigenvalue weighted by molar-refractivity contribution is 5.76. The van der Waals surface area contributed by atoms with Gasteiger partial charge in [0.1, 0.15) is 0 Å². The Kier molecular flexibility index (Phi) is 5.40. The molecule has 0 aliphatic carbocycles. The van der Waals surface area contributed by atoms with E-state index >= 15 is 0 Å². The summed E-state index contributed by atoms with van der Waals surface area (Å²) in [6.45, 7) is 12.9. The van der Waals surface area contributed by atoms with Gasteiger partial charge in [0, 0.05) is 18.3 Å². The smallest absolute Gasteiger partial charge is 0.320 e. The topological polar surface area (TPSA) is 32.3 Å². The fourth-order valence-electron chi connectivity index (χ4n) is 1.29. The third-order valence-electron chi connectivity index (χ3n) is 2.37. The normalized spacial score (nSPS) is 12.5. The molecular formula is C12H24N2O. The lowest BCUT2D eigenvalue weighted by Crippen LogP contribution is -2.49. The van der Waals surface area contributed by atoms with Gasteiger partial charge < -0.3 is 10.2 Å². The van der Waals surface area contributed by atoms with Crippen molar-refractivity contribution in [2.24, 2.45) is 0 Å². The Hall–Kier alpha value is -0.990. The van der Waals surface area contributed by atoms with Crippen LogP contribution in [0.15, 0.2) is 11.8 Å². The minimum atomic E-state index is -0.132. The monoisotopic (exact) mass is 212 g/mol. The van der Waals surface area contributed by atoms with Gasteiger partial charge in [0.05, 0.1) is 0 Å². The van der Waals surface area contributed by atoms with Crippen LogP contribution >= 0.6 is 0 Å². The molecule has 3 nitrogen and oxygen atoms in total. The minimum Gasteiger partial charge on any atom is -0.320 e. The number of allylic oxidation sites excluding steroid dienone is 1. The lowest BCUT2D eigenvalue weighted by atomic mass is 10.1. The summed E-state index contributed by atoms with van der Waals surface area (Å²) in [4.78, 5) is 13.6. The van der Waals surface area contributed by atoms with Crippen molar-refractivity contribution in [2.75, 3.05) is 6.54 Å². The van der Waals surface area contributed by atoms with Crippen molar-refractivity contribution in [2.45, 2.75) is 53.5 Å². The maximum Gasteiger partial charge on any atom is 0.321 e. The van der Waals surface area contributed by atoms with Gasteiger partial charge in [-0.1, -0.05) is 12.5 Å². The van der Waals surface area contributed by atoms with Gasteiger partial charge in [-0.15, -0.1) is 0 Å². The molecule has 0 aromatic carbocycles. The summed E-state index contributed by atoms with van der Waals surface area (Å²) in [6, 6.07) is -0.0298. The first kappa shape index (κ1) is 14.0. The number of amides is 2. The van der Waals surface area contributed by atoms with Gasteiger partial charge in [0.2, 0.25) is 0 Å². The van der Waals surface area contributed by atoms with Gasteiger partial charge in [0.15, 0.2) is 0 Å². The van der Waals surface area contributed by atoms with Crippen LogP contribution < -0.4 is 5.32 Å². The van der Waals surface area contributed by atoms with E-state index in [4.69, 9.17) is 0 Å². The molecule has 15 heavy (non-hydrogen) atoms. The van der Waals surface area contributed by atoms with Crippen LogP contribution in [0, 0.1) is 0 Å². The average Bonchev–Trinajstić information content (AvgIpc) is 2.12. The first-order valence-electron chi connectivity index (χ1n) is 5.56. The molecule has 0 saturated heterocycles. The molecule has 0 heterocycles. The largest absolute Gasteiger partial charge is 0.321 e. The van der Waals surface area contributed by atoms with Crippen LogP contribution in [0.2, 0.25) is 0 Å². The fourth-order valence-corrected chi connectivity index (χ4v) is 1.29. The van der Waals surface area contributed by atoms with Crippen LogP contribution in [0.1, 0.15) is 48.0 Å². The first-order valence-corrected chi connectivity index (χ1v) is 5.56. The van der Waals surface area contributed by atoms with Crippen LogP contribution in [0.25, 0.3) is 0 Å². The van der Waals surface area contributed by atoms with E-state index in [0.29, 0.717) is 6.54 Å². The SMILES string of the molecule is CC/C(C)=C/NC(=O)N(CC)C(C)(C)C. The summed E-state index contributed by atoms with van der Waals surface area (Å²) < 4.78 is 0. The molecule has 0 spiro atoms. The van der Waals surface area contributed by atoms with E-state index in [9.17, 15) is 4.79 Å². The fraction of sp³-hybridized carbons (Fsp3) is 0.750. The summed E-state index contributed by atoms with van der Waals surface area (Å²) in [5.74, 6) is 0. The molecule has 1 N–H and O–H groups in total. The molecule has 0 aromatic heterocycles. The lowest BCUT2D eigenvalue weighted by Gasteiger charge is -2.34. The molecule has 0 saturated carbocycles. The number of nitrogens with one attached hydrogen (secondary N) is 1. The molecule has 0 aromatic rings. The first-order chi connectivity index (χ1) is 6.82. The Morgan fingerprint density at radius 3 is 2.20 bits per heavy atom. The second-order valence-electron chi connectivity index (χ2n) is 4.71. The van der Waals surface area contributed by atoms with Crippen LogP contribution in [-0.2, 0) is 0 Å². The van der Waals surface area contributed by atoms with Crippen LogP contribution in [0.5, 0.6) is 0 Å². The molecule has 0 rings (SSSR count). The molecule has 3 heteroatoms. The van der Waals surface area contributed by atoms with E-state index in [1.54, 1.807) is 6.20 Å². The van der Waals surface area contributed by atoms with Crippen molar-refractivity contribution in [3.8, 4) is 0 Å². The molecule has 88 valence electrons. The van der Waals surface area contributed by atoms with Crippen LogP contribution in [0.4, 0.5) is 4.79 Å². The molecule has 0 radical (unpaired) electrons. The van der Waals surface area contributed by atoms with Crippen molar-refractivity contribution >= 4 is 6.03 Å². The second-order valence-corrected chi connectivity index (χ2v) is 4.71. The number of carbonyl (C=O) groups is 1. The third kappa shape index (κ3) is 4.86. The molecule has 0 fully saturated rings. The number of hydrogen-bond donors (Lipinski definition) is 1. The standard InChI is InChI=1S/C12H24N2O/c1-7-10(3)9-13-11(15)14(8-2)12(4,5)6/h9H,7-8H2,1-6H3,(H,13,15)/b10-9+. The second kappa shape index (κ2) is 5.79. The predicted molar refractivity (Wildman–Crippen MR) is 64.7 cm³/mol. The van der Waals surface area contributed by atoms with E-state index in [-0.39, 0.29) is 11.6 Å². The van der Waals surface area contributed by atoms with E-state index in [2.05, 4.69) is 12.2 Å². The summed E-state index contributed by atoms with van der Waals surface area (Å²) in [5, 5.41) is 2.82. The van der Waals surface area contributed by atoms with Gasteiger partial charge in [-0.05, 0) is 41.0 Å². The highest BCUT2D eigenvalue weighted by Gasteiger charge is 2.23. The Balaban J connectivity index is 4.43. The van der Waals surface area contributed by atoms with Gasteiger partial charge in [-0.25, -0.2) is 4.79 Å². The summed E-state index contributed by atoms with van der Waals surface area (Å²) in [7, 11) is 0. The van der Waals surface area contributed by atoms with E-state index in [1.807, 2.05) is 39.5 Å². The number of rotatable bonds is 3. The highest BCUT2D eigenvalue weighted by atomic mass is 16.2. The van der Waals surface area contributed by atoms with E-state index in [1.165, 1.54) is 5.57 Å². The third-order valence-corrected chi connectivity index (χ3v) is 2.37. The van der Waals surface area contributed by atoms with E-state index in [0.717, 1.165) is 6.42 Å². The maximum absolute atomic E-state index is 11.8. The van der Waals surface area contributed by atoms with Gasteiger partial charge in [0.25, 0.3) is 0 Å². The summed E-state index contributed by atoms with van der Waals surface area (Å²) in [5.41, 5.74) is 1.04. The quantitative estimate of drug-likeness (QED) is 0.766. The molecule has 0 aliphatic heterocycles. The number of hydrogen-bond acceptors (Lipinski definition) is 1. The Labute approximate surface area is 93.5 Å². The predicted octanol–water partition coefficient (Wildman–Crippen LogP) is 3.13. The molecule has 0 atom stereocenters. The summed E-state index contributed by atoms with van der Waals surface area (Å²) in [6.07, 6.45) is 2.75. The zero-order valence-corrected chi connectivity index (χ0v) is 10.8. The van der Waals surface area contributed by atoms with Crippen molar-refractivity contribution in [3.05, 3.63) is 11.8 Å². The van der Waals surface area contributed by atoms with Gasteiger partial charge in [-0.2, -0.15) is 0 Å². The zero-order chi connectivity index (χ0) is 12.1. The lowest BCUT2D eigenvalue weighted by molar-refractivity contribution is 0.153. The zero-order valence-electron chi connectivity index (χ0n) is 10.8. The van der Waals surface area contributed by atoms with Crippen molar-refractivity contribution in [1.29, 1.82) is 0 Å².